The highest BCUT2D eigenvalue weighted by molar-refractivity contribution is 5.94. The van der Waals surface area contributed by atoms with Crippen molar-refractivity contribution in [1.82, 2.24) is 24.6 Å². The Hall–Kier alpha value is -2.68. The van der Waals surface area contributed by atoms with Gasteiger partial charge < -0.3 is 19.5 Å². The molecular weight excluding hydrogens is 336 g/mol. The molecule has 2 aliphatic rings. The van der Waals surface area contributed by atoms with Gasteiger partial charge in [0.15, 0.2) is 11.5 Å². The van der Waals surface area contributed by atoms with Gasteiger partial charge in [0, 0.05) is 50.3 Å². The molecule has 9 nitrogen and oxygen atoms in total. The molecule has 1 aliphatic heterocycles. The van der Waals surface area contributed by atoms with E-state index >= 15 is 0 Å². The number of hydrogen-bond donors (Lipinski definition) is 2. The van der Waals surface area contributed by atoms with Crippen LogP contribution in [0.1, 0.15) is 28.2 Å². The summed E-state index contributed by atoms with van der Waals surface area (Å²) in [5.41, 5.74) is 2.51. The molecule has 0 saturated carbocycles. The molecule has 0 bridgehead atoms. The molecule has 3 heterocycles. The third-order valence-corrected chi connectivity index (χ3v) is 4.95. The fourth-order valence-electron chi connectivity index (χ4n) is 3.50. The highest BCUT2D eigenvalue weighted by atomic mass is 16.5. The smallest absolute Gasteiger partial charge is 0.293 e. The lowest BCUT2D eigenvalue weighted by Crippen LogP contribution is -2.48. The van der Waals surface area contributed by atoms with E-state index in [0.717, 1.165) is 30.5 Å². The molecular formula is C17H22N6O3. The Kier molecular flexibility index (Phi) is 4.46. The second-order valence-corrected chi connectivity index (χ2v) is 6.70. The highest BCUT2D eigenvalue weighted by Gasteiger charge is 2.30. The fraction of sp³-hybridized carbons (Fsp3) is 0.529. The SMILES string of the molecule is Cn1ccnc(NC[C@@H]2CN(C(=O)c3n[nH]c4c3CCC4)CCO2)c1=O. The number of carbonyl (C=O) groups excluding carboxylic acids is 1. The number of nitrogens with one attached hydrogen (secondary N) is 2. The van der Waals surface area contributed by atoms with E-state index in [1.54, 1.807) is 24.3 Å². The number of morpholine rings is 1. The van der Waals surface area contributed by atoms with E-state index in [4.69, 9.17) is 4.74 Å². The summed E-state index contributed by atoms with van der Waals surface area (Å²) in [5.74, 6) is 0.235. The fourth-order valence-corrected chi connectivity index (χ4v) is 3.50. The Balaban J connectivity index is 1.40. The Labute approximate surface area is 150 Å². The van der Waals surface area contributed by atoms with E-state index < -0.39 is 0 Å². The van der Waals surface area contributed by atoms with Crippen LogP contribution in [0.2, 0.25) is 0 Å². The number of carbonyl (C=O) groups is 1. The van der Waals surface area contributed by atoms with Crippen molar-refractivity contribution in [2.24, 2.45) is 7.05 Å². The van der Waals surface area contributed by atoms with Gasteiger partial charge in [-0.1, -0.05) is 0 Å². The number of hydrogen-bond acceptors (Lipinski definition) is 6. The van der Waals surface area contributed by atoms with Crippen molar-refractivity contribution in [3.05, 3.63) is 39.7 Å². The van der Waals surface area contributed by atoms with Crippen molar-refractivity contribution in [3.8, 4) is 0 Å². The van der Waals surface area contributed by atoms with Crippen LogP contribution in [-0.4, -0.2) is 62.9 Å². The average molecular weight is 358 g/mol. The van der Waals surface area contributed by atoms with Gasteiger partial charge in [-0.05, 0) is 19.3 Å². The number of aryl methyl sites for hydroxylation is 2. The minimum absolute atomic E-state index is 0.0496. The number of H-pyrrole nitrogens is 1. The molecule has 0 radical (unpaired) electrons. The zero-order valence-corrected chi connectivity index (χ0v) is 14.7. The first-order valence-corrected chi connectivity index (χ1v) is 8.86. The summed E-state index contributed by atoms with van der Waals surface area (Å²) in [6, 6.07) is 0. The second-order valence-electron chi connectivity index (χ2n) is 6.70. The molecule has 26 heavy (non-hydrogen) atoms. The normalized spacial score (nSPS) is 19.4. The standard InChI is InChI=1S/C17H22N6O3/c1-22-6-5-18-15(17(22)25)19-9-11-10-23(7-8-26-11)16(24)14-12-3-2-4-13(12)20-21-14/h5-6,11H,2-4,7-10H2,1H3,(H,18,19)(H,20,21)/t11-/m1/s1. The number of aromatic amines is 1. The van der Waals surface area contributed by atoms with Crippen LogP contribution in [0.3, 0.4) is 0 Å². The molecule has 2 aromatic heterocycles. The summed E-state index contributed by atoms with van der Waals surface area (Å²) in [6.07, 6.45) is 5.91. The number of nitrogens with zero attached hydrogens (tertiary/aromatic N) is 4. The average Bonchev–Trinajstić information content (AvgIpc) is 3.26. The molecule has 1 atom stereocenters. The zero-order valence-electron chi connectivity index (χ0n) is 14.7. The Morgan fingerprint density at radius 1 is 1.46 bits per heavy atom. The summed E-state index contributed by atoms with van der Waals surface area (Å²) in [4.78, 5) is 30.7. The van der Waals surface area contributed by atoms with Crippen molar-refractivity contribution < 1.29 is 9.53 Å². The predicted octanol–water partition coefficient (Wildman–Crippen LogP) is -0.0548. The largest absolute Gasteiger partial charge is 0.373 e. The van der Waals surface area contributed by atoms with Gasteiger partial charge in [0.05, 0.1) is 12.7 Å². The van der Waals surface area contributed by atoms with Crippen LogP contribution in [0.15, 0.2) is 17.2 Å². The summed E-state index contributed by atoms with van der Waals surface area (Å²) in [6.45, 7) is 1.88. The molecule has 0 aromatic carbocycles. The number of anilines is 1. The molecule has 138 valence electrons. The van der Waals surface area contributed by atoms with E-state index in [9.17, 15) is 9.59 Å². The zero-order chi connectivity index (χ0) is 18.1. The van der Waals surface area contributed by atoms with E-state index in [1.165, 1.54) is 4.57 Å². The van der Waals surface area contributed by atoms with Crippen LogP contribution in [0.5, 0.6) is 0 Å². The topological polar surface area (TPSA) is 105 Å². The third-order valence-electron chi connectivity index (χ3n) is 4.95. The van der Waals surface area contributed by atoms with Gasteiger partial charge in [-0.2, -0.15) is 5.10 Å². The van der Waals surface area contributed by atoms with Crippen molar-refractivity contribution in [1.29, 1.82) is 0 Å². The van der Waals surface area contributed by atoms with Crippen LogP contribution in [0.25, 0.3) is 0 Å². The number of amides is 1. The van der Waals surface area contributed by atoms with Crippen LogP contribution >= 0.6 is 0 Å². The first kappa shape index (κ1) is 16.8. The highest BCUT2D eigenvalue weighted by Crippen LogP contribution is 2.24. The first-order valence-electron chi connectivity index (χ1n) is 8.86. The predicted molar refractivity (Wildman–Crippen MR) is 94.2 cm³/mol. The van der Waals surface area contributed by atoms with Crippen molar-refractivity contribution in [2.75, 3.05) is 31.6 Å². The molecule has 9 heteroatoms. The summed E-state index contributed by atoms with van der Waals surface area (Å²) < 4.78 is 7.20. The van der Waals surface area contributed by atoms with Crippen molar-refractivity contribution >= 4 is 11.7 Å². The minimum Gasteiger partial charge on any atom is -0.373 e. The monoisotopic (exact) mass is 358 g/mol. The van der Waals surface area contributed by atoms with Crippen LogP contribution in [0.4, 0.5) is 5.82 Å². The molecule has 1 saturated heterocycles. The summed E-state index contributed by atoms with van der Waals surface area (Å²) >= 11 is 0. The van der Waals surface area contributed by atoms with Gasteiger partial charge in [-0.25, -0.2) is 4.98 Å². The quantitative estimate of drug-likeness (QED) is 0.794. The molecule has 0 unspecified atom stereocenters. The van der Waals surface area contributed by atoms with Crippen LogP contribution in [0, 0.1) is 0 Å². The van der Waals surface area contributed by atoms with E-state index in [2.05, 4.69) is 20.5 Å². The Morgan fingerprint density at radius 2 is 2.35 bits per heavy atom. The molecule has 1 amide bonds. The lowest BCUT2D eigenvalue weighted by molar-refractivity contribution is -0.0152. The maximum absolute atomic E-state index is 12.8. The maximum atomic E-state index is 12.8. The van der Waals surface area contributed by atoms with Crippen molar-refractivity contribution in [2.45, 2.75) is 25.4 Å². The van der Waals surface area contributed by atoms with Gasteiger partial charge in [0.1, 0.15) is 0 Å². The van der Waals surface area contributed by atoms with Gasteiger partial charge >= 0.3 is 0 Å². The van der Waals surface area contributed by atoms with E-state index in [0.29, 0.717) is 31.9 Å². The number of fused-ring (bicyclic) bond motifs is 1. The third kappa shape index (κ3) is 3.10. The molecule has 4 rings (SSSR count). The minimum atomic E-state index is -0.202. The van der Waals surface area contributed by atoms with Crippen LogP contribution < -0.4 is 10.9 Å². The number of rotatable bonds is 4. The molecule has 0 spiro atoms. The number of ether oxygens (including phenoxy) is 1. The lowest BCUT2D eigenvalue weighted by Gasteiger charge is -2.32. The lowest BCUT2D eigenvalue weighted by atomic mass is 10.1. The molecule has 2 aromatic rings. The van der Waals surface area contributed by atoms with Gasteiger partial charge in [-0.3, -0.25) is 14.7 Å². The van der Waals surface area contributed by atoms with Crippen molar-refractivity contribution in [3.63, 3.8) is 0 Å². The Morgan fingerprint density at radius 3 is 3.23 bits per heavy atom. The second kappa shape index (κ2) is 6.91. The molecule has 2 N–H and O–H groups in total. The van der Waals surface area contributed by atoms with Gasteiger partial charge in [0.25, 0.3) is 11.5 Å². The van der Waals surface area contributed by atoms with Gasteiger partial charge in [0.2, 0.25) is 0 Å². The van der Waals surface area contributed by atoms with Gasteiger partial charge in [-0.15, -0.1) is 0 Å². The molecule has 1 fully saturated rings. The molecule has 1 aliphatic carbocycles. The number of aromatic nitrogens is 4. The summed E-state index contributed by atoms with van der Waals surface area (Å²) in [7, 11) is 1.68. The van der Waals surface area contributed by atoms with E-state index in [1.807, 2.05) is 0 Å². The first-order chi connectivity index (χ1) is 12.6. The van der Waals surface area contributed by atoms with E-state index in [-0.39, 0.29) is 23.4 Å². The maximum Gasteiger partial charge on any atom is 0.293 e. The van der Waals surface area contributed by atoms with Crippen LogP contribution in [-0.2, 0) is 24.6 Å². The summed E-state index contributed by atoms with van der Waals surface area (Å²) in [5, 5.41) is 10.2. The Bertz CT molecular complexity index is 874.